The SMILES string of the molecule is CC(C)N(CCOC1CCNCC1)Cc1cccs1. The van der Waals surface area contributed by atoms with Gasteiger partial charge in [-0.15, -0.1) is 11.3 Å². The molecule has 1 aromatic rings. The van der Waals surface area contributed by atoms with Crippen molar-refractivity contribution in [3.63, 3.8) is 0 Å². The summed E-state index contributed by atoms with van der Waals surface area (Å²) in [5.74, 6) is 0. The van der Waals surface area contributed by atoms with Gasteiger partial charge >= 0.3 is 0 Å². The quantitative estimate of drug-likeness (QED) is 0.832. The lowest BCUT2D eigenvalue weighted by Crippen LogP contribution is -2.36. The molecule has 0 unspecified atom stereocenters. The molecule has 2 rings (SSSR count). The van der Waals surface area contributed by atoms with Crippen LogP contribution in [-0.2, 0) is 11.3 Å². The first kappa shape index (κ1) is 15.0. The first-order valence-electron chi connectivity index (χ1n) is 7.34. The average Bonchev–Trinajstić information content (AvgIpc) is 2.91. The third-order valence-corrected chi connectivity index (χ3v) is 4.55. The predicted octanol–water partition coefficient (Wildman–Crippen LogP) is 2.73. The zero-order valence-electron chi connectivity index (χ0n) is 12.1. The Hall–Kier alpha value is -0.420. The first-order valence-corrected chi connectivity index (χ1v) is 8.22. The molecule has 2 heterocycles. The van der Waals surface area contributed by atoms with E-state index in [4.69, 9.17) is 4.74 Å². The molecule has 3 nitrogen and oxygen atoms in total. The lowest BCUT2D eigenvalue weighted by Gasteiger charge is -2.28. The molecule has 1 N–H and O–H groups in total. The van der Waals surface area contributed by atoms with Crippen LogP contribution in [0.15, 0.2) is 17.5 Å². The lowest BCUT2D eigenvalue weighted by atomic mass is 10.1. The number of hydrogen-bond acceptors (Lipinski definition) is 4. The molecular formula is C15H26N2OS. The van der Waals surface area contributed by atoms with E-state index in [2.05, 4.69) is 41.6 Å². The van der Waals surface area contributed by atoms with Crippen molar-refractivity contribution in [3.05, 3.63) is 22.4 Å². The maximum atomic E-state index is 6.00. The minimum absolute atomic E-state index is 0.469. The molecule has 0 aromatic carbocycles. The van der Waals surface area contributed by atoms with Gasteiger partial charge in [0.25, 0.3) is 0 Å². The van der Waals surface area contributed by atoms with E-state index < -0.39 is 0 Å². The van der Waals surface area contributed by atoms with Crippen LogP contribution in [0.2, 0.25) is 0 Å². The van der Waals surface area contributed by atoms with Crippen LogP contribution in [0.25, 0.3) is 0 Å². The van der Waals surface area contributed by atoms with Gasteiger partial charge in [0, 0.05) is 24.0 Å². The Balaban J connectivity index is 1.70. The van der Waals surface area contributed by atoms with Crippen LogP contribution in [0, 0.1) is 0 Å². The van der Waals surface area contributed by atoms with Gasteiger partial charge in [0.05, 0.1) is 12.7 Å². The lowest BCUT2D eigenvalue weighted by molar-refractivity contribution is 0.0148. The van der Waals surface area contributed by atoms with Crippen LogP contribution in [0.1, 0.15) is 31.6 Å². The number of ether oxygens (including phenoxy) is 1. The fourth-order valence-corrected chi connectivity index (χ4v) is 3.15. The Labute approximate surface area is 121 Å². The molecule has 4 heteroatoms. The summed E-state index contributed by atoms with van der Waals surface area (Å²) in [5, 5.41) is 5.52. The summed E-state index contributed by atoms with van der Waals surface area (Å²) in [6.07, 6.45) is 2.79. The summed E-state index contributed by atoms with van der Waals surface area (Å²) < 4.78 is 6.00. The summed E-state index contributed by atoms with van der Waals surface area (Å²) in [4.78, 5) is 3.93. The minimum Gasteiger partial charge on any atom is -0.377 e. The topological polar surface area (TPSA) is 24.5 Å². The average molecular weight is 282 g/mol. The van der Waals surface area contributed by atoms with Gasteiger partial charge < -0.3 is 10.1 Å². The smallest absolute Gasteiger partial charge is 0.0600 e. The van der Waals surface area contributed by atoms with Crippen LogP contribution in [-0.4, -0.2) is 43.3 Å². The number of thiophene rings is 1. The second-order valence-corrected chi connectivity index (χ2v) is 6.50. The Morgan fingerprint density at radius 2 is 2.21 bits per heavy atom. The van der Waals surface area contributed by atoms with Crippen LogP contribution >= 0.6 is 11.3 Å². The van der Waals surface area contributed by atoms with Crippen LogP contribution < -0.4 is 5.32 Å². The molecule has 0 bridgehead atoms. The maximum Gasteiger partial charge on any atom is 0.0600 e. The highest BCUT2D eigenvalue weighted by Crippen LogP contribution is 2.14. The molecule has 1 aromatic heterocycles. The van der Waals surface area contributed by atoms with Crippen molar-refractivity contribution in [2.45, 2.75) is 45.4 Å². The van der Waals surface area contributed by atoms with Gasteiger partial charge in [-0.1, -0.05) is 6.07 Å². The minimum atomic E-state index is 0.469. The van der Waals surface area contributed by atoms with E-state index in [1.165, 1.54) is 4.88 Å². The number of nitrogens with zero attached hydrogens (tertiary/aromatic N) is 1. The molecule has 0 saturated carbocycles. The fourth-order valence-electron chi connectivity index (χ4n) is 2.42. The van der Waals surface area contributed by atoms with E-state index in [1.807, 2.05) is 11.3 Å². The van der Waals surface area contributed by atoms with Gasteiger partial charge in [-0.3, -0.25) is 4.90 Å². The zero-order valence-corrected chi connectivity index (χ0v) is 12.9. The molecular weight excluding hydrogens is 256 g/mol. The Bertz CT molecular complexity index is 334. The number of nitrogens with one attached hydrogen (secondary N) is 1. The van der Waals surface area contributed by atoms with Crippen molar-refractivity contribution in [1.29, 1.82) is 0 Å². The highest BCUT2D eigenvalue weighted by atomic mass is 32.1. The Morgan fingerprint density at radius 3 is 2.84 bits per heavy atom. The van der Waals surface area contributed by atoms with Gasteiger partial charge in [0.15, 0.2) is 0 Å². The molecule has 0 spiro atoms. The van der Waals surface area contributed by atoms with Crippen molar-refractivity contribution in [2.24, 2.45) is 0 Å². The molecule has 0 amide bonds. The molecule has 0 atom stereocenters. The highest BCUT2D eigenvalue weighted by Gasteiger charge is 2.15. The molecule has 1 aliphatic heterocycles. The van der Waals surface area contributed by atoms with Crippen molar-refractivity contribution in [3.8, 4) is 0 Å². The van der Waals surface area contributed by atoms with E-state index in [1.54, 1.807) is 0 Å². The number of hydrogen-bond donors (Lipinski definition) is 1. The summed E-state index contributed by atoms with van der Waals surface area (Å²) in [7, 11) is 0. The van der Waals surface area contributed by atoms with Crippen LogP contribution in [0.4, 0.5) is 0 Å². The van der Waals surface area contributed by atoms with Crippen LogP contribution in [0.3, 0.4) is 0 Å². The third kappa shape index (κ3) is 5.22. The normalized spacial score (nSPS) is 17.5. The first-order chi connectivity index (χ1) is 9.25. The maximum absolute atomic E-state index is 6.00. The zero-order chi connectivity index (χ0) is 13.5. The van der Waals surface area contributed by atoms with Gasteiger partial charge in [0.1, 0.15) is 0 Å². The number of piperidine rings is 1. The molecule has 1 aliphatic rings. The highest BCUT2D eigenvalue weighted by molar-refractivity contribution is 7.09. The van der Waals surface area contributed by atoms with E-state index >= 15 is 0 Å². The van der Waals surface area contributed by atoms with Gasteiger partial charge in [-0.2, -0.15) is 0 Å². The van der Waals surface area contributed by atoms with E-state index in [9.17, 15) is 0 Å². The second kappa shape index (κ2) is 8.00. The van der Waals surface area contributed by atoms with E-state index in [-0.39, 0.29) is 0 Å². The van der Waals surface area contributed by atoms with Gasteiger partial charge in [-0.25, -0.2) is 0 Å². The summed E-state index contributed by atoms with van der Waals surface area (Å²) in [6.45, 7) is 9.66. The van der Waals surface area contributed by atoms with Crippen molar-refractivity contribution in [2.75, 3.05) is 26.2 Å². The van der Waals surface area contributed by atoms with Crippen molar-refractivity contribution >= 4 is 11.3 Å². The van der Waals surface area contributed by atoms with E-state index in [0.29, 0.717) is 12.1 Å². The summed E-state index contributed by atoms with van der Waals surface area (Å²) >= 11 is 1.84. The second-order valence-electron chi connectivity index (χ2n) is 5.46. The molecule has 1 saturated heterocycles. The molecule has 0 radical (unpaired) electrons. The van der Waals surface area contributed by atoms with Crippen LogP contribution in [0.5, 0.6) is 0 Å². The summed E-state index contributed by atoms with van der Waals surface area (Å²) in [6, 6.07) is 4.91. The molecule has 1 fully saturated rings. The Kier molecular flexibility index (Phi) is 6.31. The molecule has 108 valence electrons. The van der Waals surface area contributed by atoms with E-state index in [0.717, 1.165) is 45.6 Å². The largest absolute Gasteiger partial charge is 0.377 e. The summed E-state index contributed by atoms with van der Waals surface area (Å²) in [5.41, 5.74) is 0. The molecule has 0 aliphatic carbocycles. The van der Waals surface area contributed by atoms with Crippen molar-refractivity contribution in [1.82, 2.24) is 10.2 Å². The monoisotopic (exact) mass is 282 g/mol. The number of rotatable bonds is 7. The molecule has 19 heavy (non-hydrogen) atoms. The van der Waals surface area contributed by atoms with Crippen molar-refractivity contribution < 1.29 is 4.74 Å². The predicted molar refractivity (Wildman–Crippen MR) is 81.7 cm³/mol. The Morgan fingerprint density at radius 1 is 1.42 bits per heavy atom. The van der Waals surface area contributed by atoms with Gasteiger partial charge in [0.2, 0.25) is 0 Å². The fraction of sp³-hybridized carbons (Fsp3) is 0.733. The standard InChI is InChI=1S/C15H26N2OS/c1-13(2)17(12-15-4-3-11-19-15)9-10-18-14-5-7-16-8-6-14/h3-4,11,13-14,16H,5-10,12H2,1-2H3. The third-order valence-electron chi connectivity index (χ3n) is 3.69. The van der Waals surface area contributed by atoms with Gasteiger partial charge in [-0.05, 0) is 51.2 Å².